The summed E-state index contributed by atoms with van der Waals surface area (Å²) in [6.45, 7) is 10.1. The van der Waals surface area contributed by atoms with Crippen molar-refractivity contribution in [2.45, 2.75) is 39.1 Å². The minimum Gasteiger partial charge on any atom is -0.373 e. The van der Waals surface area contributed by atoms with Crippen molar-refractivity contribution < 1.29 is 4.74 Å². The highest BCUT2D eigenvalue weighted by Crippen LogP contribution is 2.24. The minimum atomic E-state index is 0.230. The number of aryl methyl sites for hydroxylation is 1. The Kier molecular flexibility index (Phi) is 6.42. The Labute approximate surface area is 173 Å². The third-order valence-electron chi connectivity index (χ3n) is 5.62. The van der Waals surface area contributed by atoms with Crippen molar-refractivity contribution in [3.8, 4) is 0 Å². The second-order valence-corrected chi connectivity index (χ2v) is 7.78. The Morgan fingerprint density at radius 1 is 1.17 bits per heavy atom. The zero-order valence-corrected chi connectivity index (χ0v) is 17.4. The summed E-state index contributed by atoms with van der Waals surface area (Å²) in [5.74, 6) is 0.952. The molecule has 0 saturated carbocycles. The summed E-state index contributed by atoms with van der Waals surface area (Å²) in [5.41, 5.74) is 3.39. The number of nitrogens with one attached hydrogen (secondary N) is 1. The highest BCUT2D eigenvalue weighted by atomic mass is 16.5. The molecule has 1 aromatic carbocycles. The average molecular weight is 394 g/mol. The Bertz CT molecular complexity index is 825. The standard InChI is InChI=1S/C23H31N5O/c1-3-24-23(25-14-20-11-7-8-18(2)26-20)28-16-21-22(17-28)29-13-12-27(21)15-19-9-5-4-6-10-19/h4-11,21-22H,3,12-17H2,1-2H3,(H,24,25). The van der Waals surface area contributed by atoms with Crippen LogP contribution >= 0.6 is 0 Å². The van der Waals surface area contributed by atoms with Gasteiger partial charge in [-0.3, -0.25) is 9.88 Å². The number of aliphatic imine (C=N–C) groups is 1. The van der Waals surface area contributed by atoms with Crippen LogP contribution in [0.4, 0.5) is 0 Å². The van der Waals surface area contributed by atoms with Crippen LogP contribution in [-0.2, 0) is 17.8 Å². The van der Waals surface area contributed by atoms with E-state index < -0.39 is 0 Å². The summed E-state index contributed by atoms with van der Waals surface area (Å²) >= 11 is 0. The second kappa shape index (κ2) is 9.37. The number of guanidine groups is 1. The molecule has 1 aromatic heterocycles. The first-order valence-corrected chi connectivity index (χ1v) is 10.6. The lowest BCUT2D eigenvalue weighted by atomic mass is 10.1. The molecule has 2 atom stereocenters. The van der Waals surface area contributed by atoms with Crippen LogP contribution in [0.1, 0.15) is 23.9 Å². The predicted molar refractivity (Wildman–Crippen MR) is 116 cm³/mol. The molecular weight excluding hydrogens is 362 g/mol. The number of benzene rings is 1. The van der Waals surface area contributed by atoms with E-state index in [2.05, 4.69) is 57.4 Å². The number of nitrogens with zero attached hydrogens (tertiary/aromatic N) is 4. The zero-order valence-electron chi connectivity index (χ0n) is 17.4. The monoisotopic (exact) mass is 393 g/mol. The van der Waals surface area contributed by atoms with E-state index in [0.717, 1.165) is 56.7 Å². The van der Waals surface area contributed by atoms with Crippen molar-refractivity contribution in [2.75, 3.05) is 32.8 Å². The van der Waals surface area contributed by atoms with Gasteiger partial charge in [-0.15, -0.1) is 0 Å². The topological polar surface area (TPSA) is 53.0 Å². The van der Waals surface area contributed by atoms with Crippen molar-refractivity contribution in [1.82, 2.24) is 20.1 Å². The fourth-order valence-electron chi connectivity index (χ4n) is 4.21. The van der Waals surface area contributed by atoms with Gasteiger partial charge in [-0.2, -0.15) is 0 Å². The van der Waals surface area contributed by atoms with Gasteiger partial charge in [-0.05, 0) is 31.5 Å². The molecule has 154 valence electrons. The number of aromatic nitrogens is 1. The molecule has 0 amide bonds. The second-order valence-electron chi connectivity index (χ2n) is 7.78. The summed E-state index contributed by atoms with van der Waals surface area (Å²) in [7, 11) is 0. The lowest BCUT2D eigenvalue weighted by Gasteiger charge is -2.36. The van der Waals surface area contributed by atoms with Gasteiger partial charge in [-0.25, -0.2) is 4.99 Å². The van der Waals surface area contributed by atoms with Gasteiger partial charge >= 0.3 is 0 Å². The van der Waals surface area contributed by atoms with Crippen LogP contribution in [0.25, 0.3) is 0 Å². The Morgan fingerprint density at radius 2 is 2.03 bits per heavy atom. The highest BCUT2D eigenvalue weighted by Gasteiger charge is 2.41. The molecule has 4 rings (SSSR count). The van der Waals surface area contributed by atoms with E-state index in [9.17, 15) is 0 Å². The van der Waals surface area contributed by atoms with Gasteiger partial charge in [0, 0.05) is 38.4 Å². The van der Waals surface area contributed by atoms with Crippen LogP contribution in [0.15, 0.2) is 53.5 Å². The maximum absolute atomic E-state index is 6.13. The smallest absolute Gasteiger partial charge is 0.194 e. The Balaban J connectivity index is 1.45. The molecule has 1 N–H and O–H groups in total. The van der Waals surface area contributed by atoms with E-state index >= 15 is 0 Å². The van der Waals surface area contributed by atoms with Gasteiger partial charge in [0.1, 0.15) is 0 Å². The normalized spacial score (nSPS) is 22.6. The molecule has 0 radical (unpaired) electrons. The molecule has 6 nitrogen and oxygen atoms in total. The number of rotatable bonds is 5. The molecule has 3 heterocycles. The lowest BCUT2D eigenvalue weighted by molar-refractivity contribution is -0.0502. The van der Waals surface area contributed by atoms with Crippen LogP contribution in [0.5, 0.6) is 0 Å². The van der Waals surface area contributed by atoms with Crippen LogP contribution in [-0.4, -0.2) is 65.7 Å². The summed E-state index contributed by atoms with van der Waals surface area (Å²) < 4.78 is 6.13. The summed E-state index contributed by atoms with van der Waals surface area (Å²) in [6, 6.07) is 17.2. The van der Waals surface area contributed by atoms with Crippen LogP contribution in [0.3, 0.4) is 0 Å². The number of hydrogen-bond acceptors (Lipinski definition) is 4. The summed E-state index contributed by atoms with van der Waals surface area (Å²) in [5, 5.41) is 3.46. The number of likely N-dealkylation sites (tertiary alicyclic amines) is 1. The van der Waals surface area contributed by atoms with Crippen molar-refractivity contribution in [1.29, 1.82) is 0 Å². The maximum atomic E-state index is 6.13. The van der Waals surface area contributed by atoms with E-state index in [-0.39, 0.29) is 6.10 Å². The summed E-state index contributed by atoms with van der Waals surface area (Å²) in [6.07, 6.45) is 0.230. The van der Waals surface area contributed by atoms with Crippen molar-refractivity contribution in [2.24, 2.45) is 4.99 Å². The third-order valence-corrected chi connectivity index (χ3v) is 5.62. The fourth-order valence-corrected chi connectivity index (χ4v) is 4.21. The molecule has 6 heteroatoms. The molecule has 2 saturated heterocycles. The molecule has 0 spiro atoms. The van der Waals surface area contributed by atoms with Gasteiger partial charge < -0.3 is 15.0 Å². The maximum Gasteiger partial charge on any atom is 0.194 e. The van der Waals surface area contributed by atoms with E-state index in [4.69, 9.17) is 9.73 Å². The molecule has 2 aliphatic rings. The molecular formula is C23H31N5O. The lowest BCUT2D eigenvalue weighted by Crippen LogP contribution is -2.50. The molecule has 2 aliphatic heterocycles. The quantitative estimate of drug-likeness (QED) is 0.625. The molecule has 2 fully saturated rings. The molecule has 2 unspecified atom stereocenters. The largest absolute Gasteiger partial charge is 0.373 e. The van der Waals surface area contributed by atoms with Crippen LogP contribution in [0.2, 0.25) is 0 Å². The Hall–Kier alpha value is -2.44. The molecule has 0 aliphatic carbocycles. The van der Waals surface area contributed by atoms with Gasteiger partial charge in [0.05, 0.1) is 31.0 Å². The van der Waals surface area contributed by atoms with E-state index in [1.807, 2.05) is 25.1 Å². The average Bonchev–Trinajstić information content (AvgIpc) is 3.17. The first kappa shape index (κ1) is 19.9. The zero-order chi connectivity index (χ0) is 20.1. The number of ether oxygens (including phenoxy) is 1. The Morgan fingerprint density at radius 3 is 2.83 bits per heavy atom. The SMILES string of the molecule is CCNC(=NCc1cccc(C)n1)N1CC2OCCN(Cc3ccccc3)C2C1. The minimum absolute atomic E-state index is 0.230. The molecule has 29 heavy (non-hydrogen) atoms. The van der Waals surface area contributed by atoms with Gasteiger partial charge in [0.2, 0.25) is 0 Å². The summed E-state index contributed by atoms with van der Waals surface area (Å²) in [4.78, 5) is 14.4. The van der Waals surface area contributed by atoms with E-state index in [1.165, 1.54) is 5.56 Å². The van der Waals surface area contributed by atoms with Gasteiger partial charge in [0.15, 0.2) is 5.96 Å². The van der Waals surface area contributed by atoms with Crippen molar-refractivity contribution in [3.63, 3.8) is 0 Å². The predicted octanol–water partition coefficient (Wildman–Crippen LogP) is 2.44. The van der Waals surface area contributed by atoms with E-state index in [1.54, 1.807) is 0 Å². The van der Waals surface area contributed by atoms with E-state index in [0.29, 0.717) is 12.6 Å². The number of pyridine rings is 1. The first-order chi connectivity index (χ1) is 14.2. The molecule has 2 aromatic rings. The first-order valence-electron chi connectivity index (χ1n) is 10.6. The highest BCUT2D eigenvalue weighted by molar-refractivity contribution is 5.80. The van der Waals surface area contributed by atoms with Crippen molar-refractivity contribution >= 4 is 5.96 Å². The fraction of sp³-hybridized carbons (Fsp3) is 0.478. The number of morpholine rings is 1. The molecule has 0 bridgehead atoms. The van der Waals surface area contributed by atoms with Crippen LogP contribution in [0, 0.1) is 6.92 Å². The number of fused-ring (bicyclic) bond motifs is 1. The van der Waals surface area contributed by atoms with Crippen molar-refractivity contribution in [3.05, 3.63) is 65.5 Å². The van der Waals surface area contributed by atoms with Gasteiger partial charge in [-0.1, -0.05) is 36.4 Å². The number of hydrogen-bond donors (Lipinski definition) is 1. The third kappa shape index (κ3) is 4.95. The van der Waals surface area contributed by atoms with Gasteiger partial charge in [0.25, 0.3) is 0 Å². The van der Waals surface area contributed by atoms with Crippen LogP contribution < -0.4 is 5.32 Å².